The van der Waals surface area contributed by atoms with Crippen molar-refractivity contribution in [1.82, 2.24) is 0 Å². The van der Waals surface area contributed by atoms with Crippen LogP contribution in [0.15, 0.2) is 52.3 Å². The monoisotopic (exact) mass is 306 g/mol. The van der Waals surface area contributed by atoms with Gasteiger partial charge in [0.2, 0.25) is 0 Å². The van der Waals surface area contributed by atoms with E-state index in [1.54, 1.807) is 11.8 Å². The number of carboxylic acid groups (broad SMARTS) is 1. The highest BCUT2D eigenvalue weighted by atomic mass is 35.5. The molecule has 4 heteroatoms. The number of hydrogen-bond donors (Lipinski definition) is 1. The zero-order valence-corrected chi connectivity index (χ0v) is 12.7. The number of carboxylic acids is 1. The summed E-state index contributed by atoms with van der Waals surface area (Å²) in [4.78, 5) is 13.0. The number of rotatable bonds is 5. The maximum absolute atomic E-state index is 10.8. The molecule has 2 rings (SSSR count). The highest BCUT2D eigenvalue weighted by Crippen LogP contribution is 2.32. The van der Waals surface area contributed by atoms with Gasteiger partial charge in [0.15, 0.2) is 0 Å². The van der Waals surface area contributed by atoms with Crippen molar-refractivity contribution in [3.63, 3.8) is 0 Å². The van der Waals surface area contributed by atoms with Crippen LogP contribution in [0.25, 0.3) is 0 Å². The molecule has 0 saturated carbocycles. The van der Waals surface area contributed by atoms with Crippen LogP contribution < -0.4 is 0 Å². The maximum Gasteiger partial charge on any atom is 0.307 e. The van der Waals surface area contributed by atoms with E-state index in [-0.39, 0.29) is 6.42 Å². The molecule has 0 spiro atoms. The van der Waals surface area contributed by atoms with Crippen molar-refractivity contribution in [2.24, 2.45) is 0 Å². The van der Waals surface area contributed by atoms with Gasteiger partial charge in [0, 0.05) is 14.8 Å². The predicted octanol–water partition coefficient (Wildman–Crippen LogP) is 4.68. The highest BCUT2D eigenvalue weighted by Gasteiger charge is 2.07. The Morgan fingerprint density at radius 2 is 1.90 bits per heavy atom. The van der Waals surface area contributed by atoms with Gasteiger partial charge in [-0.25, -0.2) is 0 Å². The van der Waals surface area contributed by atoms with Gasteiger partial charge < -0.3 is 5.11 Å². The van der Waals surface area contributed by atoms with Crippen molar-refractivity contribution in [2.75, 3.05) is 0 Å². The van der Waals surface area contributed by atoms with E-state index >= 15 is 0 Å². The Balaban J connectivity index is 2.23. The van der Waals surface area contributed by atoms with Gasteiger partial charge in [-0.3, -0.25) is 4.79 Å². The number of aryl methyl sites for hydroxylation is 1. The number of carbonyl (C=O) groups is 1. The Bertz CT molecular complexity index is 608. The molecule has 0 bridgehead atoms. The molecule has 0 amide bonds. The zero-order valence-electron chi connectivity index (χ0n) is 11.1. The molecule has 2 aromatic rings. The molecule has 0 aliphatic heterocycles. The van der Waals surface area contributed by atoms with Gasteiger partial charge >= 0.3 is 5.97 Å². The quantitative estimate of drug-likeness (QED) is 0.871. The molecular weight excluding hydrogens is 292 g/mol. The first-order valence-electron chi connectivity index (χ1n) is 6.35. The van der Waals surface area contributed by atoms with Gasteiger partial charge in [-0.2, -0.15) is 0 Å². The van der Waals surface area contributed by atoms with Gasteiger partial charge in [-0.1, -0.05) is 42.4 Å². The van der Waals surface area contributed by atoms with Gasteiger partial charge in [-0.05, 0) is 47.9 Å². The van der Waals surface area contributed by atoms with Gasteiger partial charge in [-0.15, -0.1) is 0 Å². The zero-order chi connectivity index (χ0) is 14.5. The van der Waals surface area contributed by atoms with Crippen LogP contribution >= 0.6 is 23.4 Å². The summed E-state index contributed by atoms with van der Waals surface area (Å²) in [6, 6.07) is 13.6. The fraction of sp³-hybridized carbons (Fsp3) is 0.188. The van der Waals surface area contributed by atoms with E-state index in [4.69, 9.17) is 16.7 Å². The first kappa shape index (κ1) is 14.9. The van der Waals surface area contributed by atoms with Crippen LogP contribution in [-0.4, -0.2) is 11.1 Å². The predicted molar refractivity (Wildman–Crippen MR) is 82.7 cm³/mol. The summed E-state index contributed by atoms with van der Waals surface area (Å²) in [6.45, 7) is 2.08. The van der Waals surface area contributed by atoms with Gasteiger partial charge in [0.1, 0.15) is 0 Å². The smallest absolute Gasteiger partial charge is 0.307 e. The summed E-state index contributed by atoms with van der Waals surface area (Å²) in [6.07, 6.45) is 0.947. The Morgan fingerprint density at radius 1 is 1.20 bits per heavy atom. The normalized spacial score (nSPS) is 10.5. The number of aliphatic carboxylic acids is 1. The SMILES string of the molecule is CCc1cc(CC(=O)O)ccc1Sc1ccc(Cl)cc1. The van der Waals surface area contributed by atoms with E-state index in [1.165, 1.54) is 5.56 Å². The largest absolute Gasteiger partial charge is 0.481 e. The molecule has 0 aliphatic rings. The molecule has 0 heterocycles. The second-order valence-corrected chi connectivity index (χ2v) is 5.97. The van der Waals surface area contributed by atoms with Crippen LogP contribution in [0.3, 0.4) is 0 Å². The van der Waals surface area contributed by atoms with E-state index in [2.05, 4.69) is 6.92 Å². The molecule has 2 aromatic carbocycles. The molecule has 0 aliphatic carbocycles. The molecule has 0 aromatic heterocycles. The van der Waals surface area contributed by atoms with Crippen molar-refractivity contribution in [2.45, 2.75) is 29.6 Å². The van der Waals surface area contributed by atoms with Crippen molar-refractivity contribution in [3.8, 4) is 0 Å². The second-order valence-electron chi connectivity index (χ2n) is 4.42. The third kappa shape index (κ3) is 4.02. The van der Waals surface area contributed by atoms with Crippen LogP contribution in [0.2, 0.25) is 5.02 Å². The van der Waals surface area contributed by atoms with E-state index in [9.17, 15) is 4.79 Å². The summed E-state index contributed by atoms with van der Waals surface area (Å²) < 4.78 is 0. The molecule has 2 nitrogen and oxygen atoms in total. The van der Waals surface area contributed by atoms with Crippen LogP contribution in [0, 0.1) is 0 Å². The van der Waals surface area contributed by atoms with Crippen LogP contribution in [0.5, 0.6) is 0 Å². The van der Waals surface area contributed by atoms with E-state index in [0.29, 0.717) is 0 Å². The van der Waals surface area contributed by atoms with Crippen LogP contribution in [-0.2, 0) is 17.6 Å². The fourth-order valence-corrected chi connectivity index (χ4v) is 3.05. The minimum Gasteiger partial charge on any atom is -0.481 e. The summed E-state index contributed by atoms with van der Waals surface area (Å²) in [5.74, 6) is -0.801. The lowest BCUT2D eigenvalue weighted by Crippen LogP contribution is -2.01. The highest BCUT2D eigenvalue weighted by molar-refractivity contribution is 7.99. The summed E-state index contributed by atoms with van der Waals surface area (Å²) >= 11 is 7.55. The summed E-state index contributed by atoms with van der Waals surface area (Å²) in [5.41, 5.74) is 2.01. The van der Waals surface area contributed by atoms with Crippen molar-refractivity contribution < 1.29 is 9.90 Å². The molecular formula is C16H15ClO2S. The molecule has 0 radical (unpaired) electrons. The Morgan fingerprint density at radius 3 is 2.50 bits per heavy atom. The average Bonchev–Trinajstić information content (AvgIpc) is 2.42. The fourth-order valence-electron chi connectivity index (χ4n) is 1.92. The first-order chi connectivity index (χ1) is 9.58. The van der Waals surface area contributed by atoms with Crippen molar-refractivity contribution in [1.29, 1.82) is 0 Å². The lowest BCUT2D eigenvalue weighted by atomic mass is 10.1. The van der Waals surface area contributed by atoms with E-state index in [0.717, 1.165) is 26.8 Å². The van der Waals surface area contributed by atoms with Gasteiger partial charge in [0.25, 0.3) is 0 Å². The Hall–Kier alpha value is -1.45. The third-order valence-corrected chi connectivity index (χ3v) is 4.28. The summed E-state index contributed by atoms with van der Waals surface area (Å²) in [5, 5.41) is 9.57. The number of hydrogen-bond acceptors (Lipinski definition) is 2. The van der Waals surface area contributed by atoms with Crippen molar-refractivity contribution in [3.05, 3.63) is 58.6 Å². The van der Waals surface area contributed by atoms with Crippen molar-refractivity contribution >= 4 is 29.3 Å². The Kier molecular flexibility index (Phi) is 5.10. The number of halogens is 1. The van der Waals surface area contributed by atoms with Crippen LogP contribution in [0.1, 0.15) is 18.1 Å². The molecule has 0 fully saturated rings. The first-order valence-corrected chi connectivity index (χ1v) is 7.55. The molecule has 1 N–H and O–H groups in total. The third-order valence-electron chi connectivity index (χ3n) is 2.90. The lowest BCUT2D eigenvalue weighted by molar-refractivity contribution is -0.136. The minimum atomic E-state index is -0.801. The Labute approximate surface area is 127 Å². The van der Waals surface area contributed by atoms with E-state index in [1.807, 2.05) is 42.5 Å². The average molecular weight is 307 g/mol. The van der Waals surface area contributed by atoms with Gasteiger partial charge in [0.05, 0.1) is 6.42 Å². The minimum absolute atomic E-state index is 0.0683. The molecule has 0 saturated heterocycles. The standard InChI is InChI=1S/C16H15ClO2S/c1-2-12-9-11(10-16(18)19)3-8-15(12)20-14-6-4-13(17)5-7-14/h3-9H,2,10H2,1H3,(H,18,19). The molecule has 0 atom stereocenters. The van der Waals surface area contributed by atoms with E-state index < -0.39 is 5.97 Å². The molecule has 104 valence electrons. The topological polar surface area (TPSA) is 37.3 Å². The van der Waals surface area contributed by atoms with Crippen LogP contribution in [0.4, 0.5) is 0 Å². The number of benzene rings is 2. The lowest BCUT2D eigenvalue weighted by Gasteiger charge is -2.09. The maximum atomic E-state index is 10.8. The molecule has 20 heavy (non-hydrogen) atoms. The second kappa shape index (κ2) is 6.82. The summed E-state index contributed by atoms with van der Waals surface area (Å²) in [7, 11) is 0. The molecule has 0 unspecified atom stereocenters.